The monoisotopic (exact) mass is 604 g/mol. The predicted octanol–water partition coefficient (Wildman–Crippen LogP) is 6.95. The van der Waals surface area contributed by atoms with Gasteiger partial charge in [0.25, 0.3) is 0 Å². The summed E-state index contributed by atoms with van der Waals surface area (Å²) in [7, 11) is -4.26. The van der Waals surface area contributed by atoms with Gasteiger partial charge in [-0.05, 0) is 77.1 Å². The molecule has 0 bridgehead atoms. The summed E-state index contributed by atoms with van der Waals surface area (Å²) in [6.45, 7) is 15.4. The maximum Gasteiger partial charge on any atom is 0.412 e. The highest BCUT2D eigenvalue weighted by Crippen LogP contribution is 2.52. The molecule has 2 rings (SSSR count). The molecular weight excluding hydrogens is 559 g/mol. The van der Waals surface area contributed by atoms with Crippen LogP contribution in [0.25, 0.3) is 0 Å². The van der Waals surface area contributed by atoms with Crippen LogP contribution >= 0.6 is 7.37 Å². The lowest BCUT2D eigenvalue weighted by Crippen LogP contribution is -2.40. The van der Waals surface area contributed by atoms with Crippen LogP contribution in [0.5, 0.6) is 0 Å². The summed E-state index contributed by atoms with van der Waals surface area (Å²) >= 11 is 0. The zero-order chi connectivity index (χ0) is 31.9. The smallest absolute Gasteiger partial charge is 0.412 e. The largest absolute Gasteiger partial charge is 0.459 e. The highest BCUT2D eigenvalue weighted by molar-refractivity contribution is 7.58. The topological polar surface area (TPSA) is 140 Å². The number of nitrogens with one attached hydrogen (secondary N) is 2. The molecule has 0 heterocycles. The second-order valence-corrected chi connectivity index (χ2v) is 15.0. The summed E-state index contributed by atoms with van der Waals surface area (Å²) in [5.41, 5.74) is 0.467. The second-order valence-electron chi connectivity index (χ2n) is 12.6. The lowest BCUT2D eigenvalue weighted by Gasteiger charge is -2.31. The van der Waals surface area contributed by atoms with Crippen LogP contribution in [0.2, 0.25) is 0 Å². The molecule has 11 heteroatoms. The maximum atomic E-state index is 13.9. The number of benzene rings is 2. The van der Waals surface area contributed by atoms with Crippen LogP contribution in [-0.4, -0.2) is 46.2 Å². The summed E-state index contributed by atoms with van der Waals surface area (Å²) in [4.78, 5) is 50.0. The molecule has 0 aliphatic rings. The lowest BCUT2D eigenvalue weighted by molar-refractivity contribution is -0.156. The van der Waals surface area contributed by atoms with Crippen molar-refractivity contribution in [3.63, 3.8) is 0 Å². The van der Waals surface area contributed by atoms with Gasteiger partial charge in [-0.2, -0.15) is 0 Å². The molecule has 2 amide bonds. The van der Waals surface area contributed by atoms with Crippen molar-refractivity contribution < 1.29 is 38.1 Å². The minimum absolute atomic E-state index is 0.00954. The summed E-state index contributed by atoms with van der Waals surface area (Å²) in [5, 5.41) is 5.23. The Morgan fingerprint density at radius 3 is 2.02 bits per heavy atom. The van der Waals surface area contributed by atoms with Crippen LogP contribution < -0.4 is 10.6 Å². The van der Waals surface area contributed by atoms with E-state index < -0.39 is 60.5 Å². The molecule has 3 N–H and O–H groups in total. The molecule has 0 aromatic heterocycles. The molecule has 232 valence electrons. The van der Waals surface area contributed by atoms with E-state index in [4.69, 9.17) is 14.2 Å². The minimum atomic E-state index is -4.26. The van der Waals surface area contributed by atoms with Crippen LogP contribution in [0.15, 0.2) is 48.5 Å². The van der Waals surface area contributed by atoms with E-state index >= 15 is 0 Å². The fraction of sp³-hybridized carbons (Fsp3) is 0.516. The standard InChI is InChI=1S/C31H45N2O8P/c1-20(2)26(33-28(35)39-18-22-14-11-10-12-15-22)42(37,38)19-24(27(34)40-30(4,5)6)23-16-13-17-25(21(23)3)32-29(36)41-31(7,8)9/h10-17,20,24,26H,18-19H2,1-9H3,(H,32,36)(H,33,35)(H,37,38). The molecule has 0 spiro atoms. The Hall–Kier alpha value is -3.36. The van der Waals surface area contributed by atoms with Crippen LogP contribution in [0.1, 0.15) is 78.0 Å². The van der Waals surface area contributed by atoms with Gasteiger partial charge in [0, 0.05) is 11.8 Å². The molecule has 0 saturated heterocycles. The normalized spacial score (nSPS) is 14.7. The van der Waals surface area contributed by atoms with Gasteiger partial charge < -0.3 is 24.4 Å². The van der Waals surface area contributed by atoms with Gasteiger partial charge in [0.1, 0.15) is 23.6 Å². The summed E-state index contributed by atoms with van der Waals surface area (Å²) in [5.74, 6) is -3.55. The van der Waals surface area contributed by atoms with Gasteiger partial charge >= 0.3 is 18.2 Å². The van der Waals surface area contributed by atoms with Gasteiger partial charge in [-0.3, -0.25) is 14.7 Å². The molecular formula is C31H45N2O8P. The Morgan fingerprint density at radius 2 is 1.48 bits per heavy atom. The van der Waals surface area contributed by atoms with Crippen molar-refractivity contribution in [1.29, 1.82) is 0 Å². The summed E-state index contributed by atoms with van der Waals surface area (Å²) in [6, 6.07) is 14.0. The molecule has 0 fully saturated rings. The van der Waals surface area contributed by atoms with Gasteiger partial charge in [-0.25, -0.2) is 9.59 Å². The average molecular weight is 605 g/mol. The fourth-order valence-corrected chi connectivity index (χ4v) is 6.58. The maximum absolute atomic E-state index is 13.9. The number of amides is 2. The molecule has 10 nitrogen and oxygen atoms in total. The van der Waals surface area contributed by atoms with Crippen LogP contribution in [0.3, 0.4) is 0 Å². The average Bonchev–Trinajstić information content (AvgIpc) is 2.84. The van der Waals surface area contributed by atoms with Gasteiger partial charge in [-0.1, -0.05) is 56.3 Å². The number of hydrogen-bond acceptors (Lipinski definition) is 7. The first-order chi connectivity index (χ1) is 19.3. The quantitative estimate of drug-likeness (QED) is 0.150. The number of ether oxygens (including phenoxy) is 3. The van der Waals surface area contributed by atoms with E-state index in [1.54, 1.807) is 92.6 Å². The van der Waals surface area contributed by atoms with Gasteiger partial charge in [-0.15, -0.1) is 0 Å². The Bertz CT molecular complexity index is 1280. The van der Waals surface area contributed by atoms with E-state index in [9.17, 15) is 23.8 Å². The molecule has 0 saturated carbocycles. The van der Waals surface area contributed by atoms with E-state index in [0.29, 0.717) is 16.8 Å². The fourth-order valence-electron chi connectivity index (χ4n) is 4.25. The number of rotatable bonds is 10. The third-order valence-corrected chi connectivity index (χ3v) is 8.55. The molecule has 3 atom stereocenters. The van der Waals surface area contributed by atoms with Crippen molar-refractivity contribution in [2.45, 2.75) is 91.8 Å². The van der Waals surface area contributed by atoms with Crippen LogP contribution in [0, 0.1) is 12.8 Å². The second kappa shape index (κ2) is 14.2. The van der Waals surface area contributed by atoms with Crippen molar-refractivity contribution >= 4 is 31.2 Å². The van der Waals surface area contributed by atoms with Gasteiger partial charge in [0.15, 0.2) is 0 Å². The van der Waals surface area contributed by atoms with Crippen molar-refractivity contribution in [3.05, 3.63) is 65.2 Å². The Labute approximate surface area is 249 Å². The molecule has 3 unspecified atom stereocenters. The predicted molar refractivity (Wildman–Crippen MR) is 163 cm³/mol. The zero-order valence-corrected chi connectivity index (χ0v) is 26.9. The van der Waals surface area contributed by atoms with Crippen molar-refractivity contribution in [2.24, 2.45) is 5.92 Å². The van der Waals surface area contributed by atoms with Gasteiger partial charge in [0.05, 0.1) is 5.92 Å². The first-order valence-corrected chi connectivity index (χ1v) is 15.8. The minimum Gasteiger partial charge on any atom is -0.459 e. The van der Waals surface area contributed by atoms with Crippen molar-refractivity contribution in [1.82, 2.24) is 5.32 Å². The Kier molecular flexibility index (Phi) is 11.8. The van der Waals surface area contributed by atoms with Crippen molar-refractivity contribution in [2.75, 3.05) is 11.5 Å². The Morgan fingerprint density at radius 1 is 0.881 bits per heavy atom. The third kappa shape index (κ3) is 11.1. The number of esters is 1. The van der Waals surface area contributed by atoms with E-state index in [1.165, 1.54) is 0 Å². The zero-order valence-electron chi connectivity index (χ0n) is 26.0. The highest BCUT2D eigenvalue weighted by atomic mass is 31.2. The Balaban J connectivity index is 2.38. The first kappa shape index (κ1) is 34.8. The molecule has 0 radical (unpaired) electrons. The molecule has 2 aromatic carbocycles. The van der Waals surface area contributed by atoms with Crippen LogP contribution in [0.4, 0.5) is 15.3 Å². The van der Waals surface area contributed by atoms with E-state index in [0.717, 1.165) is 5.56 Å². The van der Waals surface area contributed by atoms with E-state index in [-0.39, 0.29) is 6.61 Å². The molecule has 0 aliphatic heterocycles. The number of hydrogen-bond donors (Lipinski definition) is 3. The lowest BCUT2D eigenvalue weighted by atomic mass is 9.95. The molecule has 0 aliphatic carbocycles. The number of carbonyl (C=O) groups excluding carboxylic acids is 3. The molecule has 42 heavy (non-hydrogen) atoms. The molecule has 2 aromatic rings. The van der Waals surface area contributed by atoms with Crippen molar-refractivity contribution in [3.8, 4) is 0 Å². The first-order valence-electron chi connectivity index (χ1n) is 13.9. The SMILES string of the molecule is Cc1c(NC(=O)OC(C)(C)C)cccc1C(CP(=O)(O)C(NC(=O)OCc1ccccc1)C(C)C)C(=O)OC(C)(C)C. The van der Waals surface area contributed by atoms with Gasteiger partial charge in [0.2, 0.25) is 7.37 Å². The highest BCUT2D eigenvalue weighted by Gasteiger charge is 2.41. The van der Waals surface area contributed by atoms with E-state index in [2.05, 4.69) is 10.6 Å². The number of alkyl carbamates (subject to hydrolysis) is 1. The number of anilines is 1. The third-order valence-electron chi connectivity index (χ3n) is 6.07. The summed E-state index contributed by atoms with van der Waals surface area (Å²) < 4.78 is 30.2. The van der Waals surface area contributed by atoms with Crippen LogP contribution in [-0.2, 0) is 30.2 Å². The van der Waals surface area contributed by atoms with E-state index in [1.807, 2.05) is 18.2 Å². The number of carbonyl (C=O) groups is 3. The summed E-state index contributed by atoms with van der Waals surface area (Å²) in [6.07, 6.45) is -2.04.